The molecule has 1 atom stereocenters. The second-order valence-electron chi connectivity index (χ2n) is 3.22. The first kappa shape index (κ1) is 14.1. The van der Waals surface area contributed by atoms with Crippen molar-refractivity contribution in [2.75, 3.05) is 32.6 Å². The minimum atomic E-state index is -3.13. The van der Waals surface area contributed by atoms with E-state index in [1.165, 1.54) is 11.4 Å². The summed E-state index contributed by atoms with van der Waals surface area (Å²) in [6.45, 7) is 1.24. The van der Waals surface area contributed by atoms with Crippen LogP contribution in [0.3, 0.4) is 0 Å². The Bertz CT molecular complexity index is 258. The molecule has 0 saturated carbocycles. The molecule has 0 aromatic rings. The maximum atomic E-state index is 11.5. The quantitative estimate of drug-likeness (QED) is 0.718. The summed E-state index contributed by atoms with van der Waals surface area (Å²) in [6.07, 6.45) is 0.756. The molecule has 5 nitrogen and oxygen atoms in total. The van der Waals surface area contributed by atoms with E-state index in [-0.39, 0.29) is 30.8 Å². The largest absolute Gasteiger partial charge is 0.384 e. The fraction of sp³-hybridized carbons (Fsp3) is 1.00. The van der Waals surface area contributed by atoms with Crippen molar-refractivity contribution < 1.29 is 13.2 Å². The molecule has 0 aliphatic carbocycles. The number of methoxy groups -OCH3 is 1. The van der Waals surface area contributed by atoms with Crippen LogP contribution in [0.5, 0.6) is 0 Å². The van der Waals surface area contributed by atoms with Crippen molar-refractivity contribution in [3.63, 3.8) is 0 Å². The van der Waals surface area contributed by atoms with Gasteiger partial charge in [0.1, 0.15) is 0 Å². The first-order valence-corrected chi connectivity index (χ1v) is 5.89. The number of ether oxygens (including phenoxy) is 1. The lowest BCUT2D eigenvalue weighted by atomic mass is 10.3. The van der Waals surface area contributed by atoms with Crippen LogP contribution in [-0.2, 0) is 14.8 Å². The first-order valence-electron chi connectivity index (χ1n) is 4.28. The number of rotatable bonds is 4. The molecule has 0 bridgehead atoms. The van der Waals surface area contributed by atoms with Crippen molar-refractivity contribution in [1.29, 1.82) is 0 Å². The highest BCUT2D eigenvalue weighted by atomic mass is 35.5. The van der Waals surface area contributed by atoms with Crippen LogP contribution in [0.1, 0.15) is 6.42 Å². The van der Waals surface area contributed by atoms with E-state index < -0.39 is 10.0 Å². The minimum absolute atomic E-state index is 0. The van der Waals surface area contributed by atoms with E-state index in [0.717, 1.165) is 6.42 Å². The van der Waals surface area contributed by atoms with Crippen molar-refractivity contribution in [2.24, 2.45) is 5.73 Å². The van der Waals surface area contributed by atoms with Crippen LogP contribution in [0.15, 0.2) is 0 Å². The van der Waals surface area contributed by atoms with Crippen LogP contribution in [0.4, 0.5) is 0 Å². The number of hydrogen-bond donors (Lipinski definition) is 1. The first-order chi connectivity index (χ1) is 6.06. The molecule has 86 valence electrons. The summed E-state index contributed by atoms with van der Waals surface area (Å²) in [5.74, 6) is 0.0518. The van der Waals surface area contributed by atoms with Gasteiger partial charge in [0.25, 0.3) is 0 Å². The summed E-state index contributed by atoms with van der Waals surface area (Å²) in [5, 5.41) is 0. The summed E-state index contributed by atoms with van der Waals surface area (Å²) < 4.78 is 29.2. The molecule has 0 amide bonds. The average Bonchev–Trinajstić information content (AvgIpc) is 2.49. The zero-order valence-electron chi connectivity index (χ0n) is 8.18. The van der Waals surface area contributed by atoms with Crippen molar-refractivity contribution in [3.8, 4) is 0 Å². The maximum Gasteiger partial charge on any atom is 0.216 e. The number of hydrogen-bond acceptors (Lipinski definition) is 4. The minimum Gasteiger partial charge on any atom is -0.384 e. The van der Waals surface area contributed by atoms with Gasteiger partial charge >= 0.3 is 0 Å². The monoisotopic (exact) mass is 244 g/mol. The summed E-state index contributed by atoms with van der Waals surface area (Å²) in [6, 6.07) is -0.00248. The molecule has 7 heteroatoms. The number of halogens is 1. The molecule has 0 spiro atoms. The second kappa shape index (κ2) is 5.87. The van der Waals surface area contributed by atoms with Gasteiger partial charge < -0.3 is 10.5 Å². The zero-order valence-corrected chi connectivity index (χ0v) is 9.81. The molecule has 14 heavy (non-hydrogen) atoms. The Kier molecular flexibility index (Phi) is 5.92. The Morgan fingerprint density at radius 1 is 1.57 bits per heavy atom. The molecule has 1 unspecified atom stereocenters. The zero-order chi connectivity index (χ0) is 9.90. The summed E-state index contributed by atoms with van der Waals surface area (Å²) in [7, 11) is -1.64. The van der Waals surface area contributed by atoms with E-state index in [4.69, 9.17) is 10.5 Å². The van der Waals surface area contributed by atoms with Crippen molar-refractivity contribution in [1.82, 2.24) is 4.31 Å². The summed E-state index contributed by atoms with van der Waals surface area (Å²) in [4.78, 5) is 0. The third-order valence-electron chi connectivity index (χ3n) is 2.13. The van der Waals surface area contributed by atoms with Gasteiger partial charge in [-0.15, -0.1) is 12.4 Å². The highest BCUT2D eigenvalue weighted by molar-refractivity contribution is 7.89. The number of sulfonamides is 1. The molecule has 1 fully saturated rings. The van der Waals surface area contributed by atoms with Gasteiger partial charge in [-0.1, -0.05) is 0 Å². The Labute approximate surface area is 91.1 Å². The molecular weight excluding hydrogens is 228 g/mol. The van der Waals surface area contributed by atoms with Crippen LogP contribution < -0.4 is 5.73 Å². The van der Waals surface area contributed by atoms with E-state index in [1.807, 2.05) is 0 Å². The van der Waals surface area contributed by atoms with E-state index in [2.05, 4.69) is 0 Å². The Morgan fingerprint density at radius 3 is 2.64 bits per heavy atom. The third-order valence-corrected chi connectivity index (χ3v) is 3.93. The molecule has 0 aromatic heterocycles. The van der Waals surface area contributed by atoms with Crippen LogP contribution in [0.25, 0.3) is 0 Å². The van der Waals surface area contributed by atoms with Gasteiger partial charge in [-0.2, -0.15) is 0 Å². The van der Waals surface area contributed by atoms with E-state index in [0.29, 0.717) is 13.1 Å². The van der Waals surface area contributed by atoms with Crippen LogP contribution >= 0.6 is 12.4 Å². The number of nitrogens with zero attached hydrogens (tertiary/aromatic N) is 1. The Balaban J connectivity index is 0.00000169. The van der Waals surface area contributed by atoms with E-state index in [1.54, 1.807) is 0 Å². The van der Waals surface area contributed by atoms with E-state index >= 15 is 0 Å². The third kappa shape index (κ3) is 3.70. The molecule has 1 aliphatic rings. The topological polar surface area (TPSA) is 72.6 Å². The normalized spacial score (nSPS) is 23.4. The molecule has 0 radical (unpaired) electrons. The molecule has 2 N–H and O–H groups in total. The highest BCUT2D eigenvalue weighted by Crippen LogP contribution is 2.12. The van der Waals surface area contributed by atoms with E-state index in [9.17, 15) is 8.42 Å². The van der Waals surface area contributed by atoms with Gasteiger partial charge in [0, 0.05) is 26.2 Å². The second-order valence-corrected chi connectivity index (χ2v) is 5.30. The van der Waals surface area contributed by atoms with Gasteiger partial charge in [-0.3, -0.25) is 0 Å². The molecule has 0 aromatic carbocycles. The van der Waals surface area contributed by atoms with Crippen molar-refractivity contribution in [2.45, 2.75) is 12.5 Å². The van der Waals surface area contributed by atoms with Gasteiger partial charge in [0.05, 0.1) is 12.4 Å². The van der Waals surface area contributed by atoms with Gasteiger partial charge in [-0.25, -0.2) is 12.7 Å². The average molecular weight is 245 g/mol. The SMILES string of the molecule is COCCS(=O)(=O)N1CCC(N)C1.Cl. The van der Waals surface area contributed by atoms with Crippen molar-refractivity contribution in [3.05, 3.63) is 0 Å². The lowest BCUT2D eigenvalue weighted by molar-refractivity contribution is 0.215. The molecule has 1 heterocycles. The van der Waals surface area contributed by atoms with Gasteiger partial charge in [-0.05, 0) is 6.42 Å². The van der Waals surface area contributed by atoms with Gasteiger partial charge in [0.15, 0.2) is 0 Å². The van der Waals surface area contributed by atoms with Crippen LogP contribution in [0.2, 0.25) is 0 Å². The standard InChI is InChI=1S/C7H16N2O3S.ClH/c1-12-4-5-13(10,11)9-3-2-7(8)6-9;/h7H,2-6,8H2,1H3;1H. The Morgan fingerprint density at radius 2 is 2.21 bits per heavy atom. The molecule has 1 saturated heterocycles. The fourth-order valence-corrected chi connectivity index (χ4v) is 2.76. The molecule has 1 aliphatic heterocycles. The highest BCUT2D eigenvalue weighted by Gasteiger charge is 2.28. The predicted octanol–water partition coefficient (Wildman–Crippen LogP) is -0.583. The van der Waals surface area contributed by atoms with Crippen LogP contribution in [-0.4, -0.2) is 51.3 Å². The smallest absolute Gasteiger partial charge is 0.216 e. The van der Waals surface area contributed by atoms with Crippen molar-refractivity contribution >= 4 is 22.4 Å². The summed E-state index contributed by atoms with van der Waals surface area (Å²) >= 11 is 0. The fourth-order valence-electron chi connectivity index (χ4n) is 1.32. The summed E-state index contributed by atoms with van der Waals surface area (Å²) in [5.41, 5.74) is 5.61. The predicted molar refractivity (Wildman–Crippen MR) is 57.1 cm³/mol. The maximum absolute atomic E-state index is 11.5. The lowest BCUT2D eigenvalue weighted by Crippen LogP contribution is -2.34. The molecular formula is C7H17ClN2O3S. The Hall–Kier alpha value is 0.120. The van der Waals surface area contributed by atoms with Gasteiger partial charge in [0.2, 0.25) is 10.0 Å². The van der Waals surface area contributed by atoms with Crippen LogP contribution in [0, 0.1) is 0 Å². The molecule has 1 rings (SSSR count). The number of nitrogens with two attached hydrogens (primary N) is 1. The lowest BCUT2D eigenvalue weighted by Gasteiger charge is -2.15.